The first-order chi connectivity index (χ1) is 12.5. The number of anilines is 1. The lowest BCUT2D eigenvalue weighted by molar-refractivity contribution is -0.130. The summed E-state index contributed by atoms with van der Waals surface area (Å²) in [6.07, 6.45) is 1.11. The van der Waals surface area contributed by atoms with E-state index in [1.807, 2.05) is 0 Å². The fourth-order valence-corrected chi connectivity index (χ4v) is 2.40. The van der Waals surface area contributed by atoms with E-state index < -0.39 is 17.7 Å². The van der Waals surface area contributed by atoms with Gasteiger partial charge in [0.05, 0.1) is 17.2 Å². The van der Waals surface area contributed by atoms with E-state index in [-0.39, 0.29) is 17.4 Å². The van der Waals surface area contributed by atoms with Crippen LogP contribution in [0, 0.1) is 0 Å². The van der Waals surface area contributed by atoms with E-state index >= 15 is 0 Å². The summed E-state index contributed by atoms with van der Waals surface area (Å²) in [7, 11) is 0. The molecule has 1 aliphatic rings. The number of carbonyl (C=O) groups excluding carboxylic acids is 3. The van der Waals surface area contributed by atoms with E-state index in [9.17, 15) is 14.4 Å². The van der Waals surface area contributed by atoms with Crippen molar-refractivity contribution in [2.75, 3.05) is 5.32 Å². The lowest BCUT2D eigenvalue weighted by Gasteiger charge is -2.16. The summed E-state index contributed by atoms with van der Waals surface area (Å²) in [6.45, 7) is 3.55. The Bertz CT molecular complexity index is 897. The summed E-state index contributed by atoms with van der Waals surface area (Å²) in [5.74, 6) is -1.26. The summed E-state index contributed by atoms with van der Waals surface area (Å²) in [5, 5.41) is 2.88. The van der Waals surface area contributed by atoms with E-state index in [2.05, 4.69) is 5.32 Å². The molecule has 0 saturated carbocycles. The standard InChI is InChI=1S/C20H17NO5/c1-12(2)25-19(23)13-7-9-14(10-8-13)21-11-16-18(22)15-5-3-4-6-17(15)26-20(16)24/h3-12,21H,1-2H3. The van der Waals surface area contributed by atoms with E-state index in [1.54, 1.807) is 62.4 Å². The van der Waals surface area contributed by atoms with Gasteiger partial charge in [0.2, 0.25) is 5.78 Å². The van der Waals surface area contributed by atoms with Gasteiger partial charge in [-0.3, -0.25) is 4.79 Å². The van der Waals surface area contributed by atoms with Crippen molar-refractivity contribution in [1.82, 2.24) is 0 Å². The molecule has 0 aliphatic carbocycles. The molecule has 0 fully saturated rings. The number of carbonyl (C=O) groups is 3. The van der Waals surface area contributed by atoms with Crippen LogP contribution in [0.25, 0.3) is 0 Å². The molecule has 132 valence electrons. The lowest BCUT2D eigenvalue weighted by Crippen LogP contribution is -2.25. The summed E-state index contributed by atoms with van der Waals surface area (Å²) in [6, 6.07) is 13.1. The Labute approximate surface area is 150 Å². The Morgan fingerprint density at radius 1 is 1.08 bits per heavy atom. The van der Waals surface area contributed by atoms with Crippen molar-refractivity contribution in [3.63, 3.8) is 0 Å². The summed E-state index contributed by atoms with van der Waals surface area (Å²) in [4.78, 5) is 36.3. The molecule has 0 atom stereocenters. The third-order valence-electron chi connectivity index (χ3n) is 3.65. The van der Waals surface area contributed by atoms with Crippen LogP contribution in [0.3, 0.4) is 0 Å². The van der Waals surface area contributed by atoms with Gasteiger partial charge < -0.3 is 14.8 Å². The SMILES string of the molecule is CC(C)OC(=O)c1ccc(NC=C2C(=O)Oc3ccccc3C2=O)cc1. The van der Waals surface area contributed by atoms with Gasteiger partial charge in [-0.05, 0) is 50.2 Å². The van der Waals surface area contributed by atoms with Crippen molar-refractivity contribution < 1.29 is 23.9 Å². The van der Waals surface area contributed by atoms with Gasteiger partial charge in [-0.25, -0.2) is 9.59 Å². The zero-order chi connectivity index (χ0) is 18.7. The van der Waals surface area contributed by atoms with Crippen LogP contribution in [-0.4, -0.2) is 23.8 Å². The number of ether oxygens (including phenoxy) is 2. The smallest absolute Gasteiger partial charge is 0.349 e. The first kappa shape index (κ1) is 17.4. The number of fused-ring (bicyclic) bond motifs is 1. The Morgan fingerprint density at radius 3 is 2.46 bits per heavy atom. The maximum Gasteiger partial charge on any atom is 0.349 e. The first-order valence-corrected chi connectivity index (χ1v) is 8.09. The van der Waals surface area contributed by atoms with Gasteiger partial charge in [-0.1, -0.05) is 12.1 Å². The van der Waals surface area contributed by atoms with Crippen molar-refractivity contribution >= 4 is 23.4 Å². The van der Waals surface area contributed by atoms with E-state index in [0.717, 1.165) is 0 Å². The normalized spacial score (nSPS) is 14.8. The van der Waals surface area contributed by atoms with Crippen molar-refractivity contribution in [3.8, 4) is 5.75 Å². The Balaban J connectivity index is 1.75. The second-order valence-corrected chi connectivity index (χ2v) is 5.95. The summed E-state index contributed by atoms with van der Waals surface area (Å²) >= 11 is 0. The maximum absolute atomic E-state index is 12.4. The van der Waals surface area contributed by atoms with Crippen LogP contribution in [0.2, 0.25) is 0 Å². The van der Waals surface area contributed by atoms with Crippen molar-refractivity contribution in [2.45, 2.75) is 20.0 Å². The third kappa shape index (κ3) is 3.64. The average molecular weight is 351 g/mol. The Hall–Kier alpha value is -3.41. The highest BCUT2D eigenvalue weighted by Gasteiger charge is 2.30. The number of Topliss-reactive ketones (excluding diaryl/α,β-unsaturated/α-hetero) is 1. The molecule has 0 aromatic heterocycles. The molecule has 6 nitrogen and oxygen atoms in total. The highest BCUT2D eigenvalue weighted by Crippen LogP contribution is 2.27. The summed E-state index contributed by atoms with van der Waals surface area (Å²) < 4.78 is 10.3. The number of benzene rings is 2. The number of hydrogen-bond donors (Lipinski definition) is 1. The lowest BCUT2D eigenvalue weighted by atomic mass is 10.0. The molecule has 26 heavy (non-hydrogen) atoms. The number of ketones is 1. The van der Waals surface area contributed by atoms with E-state index in [1.165, 1.54) is 6.20 Å². The molecule has 2 aromatic rings. The van der Waals surface area contributed by atoms with Gasteiger partial charge in [0.15, 0.2) is 0 Å². The Morgan fingerprint density at radius 2 is 1.77 bits per heavy atom. The number of rotatable bonds is 4. The van der Waals surface area contributed by atoms with Crippen LogP contribution >= 0.6 is 0 Å². The number of esters is 2. The molecular weight excluding hydrogens is 334 g/mol. The second kappa shape index (κ2) is 7.23. The molecule has 1 aliphatic heterocycles. The number of para-hydroxylation sites is 1. The van der Waals surface area contributed by atoms with Gasteiger partial charge in [-0.2, -0.15) is 0 Å². The van der Waals surface area contributed by atoms with Crippen LogP contribution in [0.1, 0.15) is 34.6 Å². The van der Waals surface area contributed by atoms with Crippen molar-refractivity contribution in [1.29, 1.82) is 0 Å². The topological polar surface area (TPSA) is 81.7 Å². The molecule has 6 heteroatoms. The molecule has 0 amide bonds. The zero-order valence-electron chi connectivity index (χ0n) is 14.3. The molecule has 3 rings (SSSR count). The molecule has 1 heterocycles. The monoisotopic (exact) mass is 351 g/mol. The average Bonchev–Trinajstić information content (AvgIpc) is 2.61. The number of hydrogen-bond acceptors (Lipinski definition) is 6. The van der Waals surface area contributed by atoms with Gasteiger partial charge in [0.25, 0.3) is 0 Å². The first-order valence-electron chi connectivity index (χ1n) is 8.09. The maximum atomic E-state index is 12.4. The minimum absolute atomic E-state index is 0.0907. The van der Waals surface area contributed by atoms with Crippen LogP contribution in [0.15, 0.2) is 60.3 Å². The third-order valence-corrected chi connectivity index (χ3v) is 3.65. The van der Waals surface area contributed by atoms with Crippen LogP contribution < -0.4 is 10.1 Å². The van der Waals surface area contributed by atoms with E-state index in [0.29, 0.717) is 16.8 Å². The van der Waals surface area contributed by atoms with Gasteiger partial charge in [0.1, 0.15) is 11.3 Å². The van der Waals surface area contributed by atoms with Crippen molar-refractivity contribution in [3.05, 3.63) is 71.4 Å². The fourth-order valence-electron chi connectivity index (χ4n) is 2.40. The van der Waals surface area contributed by atoms with Crippen LogP contribution in [0.5, 0.6) is 5.75 Å². The van der Waals surface area contributed by atoms with Gasteiger partial charge >= 0.3 is 11.9 Å². The van der Waals surface area contributed by atoms with E-state index in [4.69, 9.17) is 9.47 Å². The molecule has 0 spiro atoms. The van der Waals surface area contributed by atoms with Gasteiger partial charge in [-0.15, -0.1) is 0 Å². The predicted molar refractivity (Wildman–Crippen MR) is 95.1 cm³/mol. The summed E-state index contributed by atoms with van der Waals surface area (Å²) in [5.41, 5.74) is 1.27. The van der Waals surface area contributed by atoms with Crippen LogP contribution in [-0.2, 0) is 9.53 Å². The highest BCUT2D eigenvalue weighted by atomic mass is 16.5. The second-order valence-electron chi connectivity index (χ2n) is 5.95. The molecule has 1 N–H and O–H groups in total. The molecular formula is C20H17NO5. The highest BCUT2D eigenvalue weighted by molar-refractivity contribution is 6.27. The fraction of sp³-hybridized carbons (Fsp3) is 0.150. The quantitative estimate of drug-likeness (QED) is 0.394. The molecule has 0 saturated heterocycles. The predicted octanol–water partition coefficient (Wildman–Crippen LogP) is 3.35. The minimum Gasteiger partial charge on any atom is -0.459 e. The van der Waals surface area contributed by atoms with Crippen LogP contribution in [0.4, 0.5) is 5.69 Å². The zero-order valence-corrected chi connectivity index (χ0v) is 14.3. The van der Waals surface area contributed by atoms with Gasteiger partial charge in [0, 0.05) is 11.9 Å². The van der Waals surface area contributed by atoms with Crippen molar-refractivity contribution in [2.24, 2.45) is 0 Å². The largest absolute Gasteiger partial charge is 0.459 e. The molecule has 2 aromatic carbocycles. The minimum atomic E-state index is -0.710. The molecule has 0 bridgehead atoms. The molecule has 0 radical (unpaired) electrons. The Kier molecular flexibility index (Phi) is 4.84. The number of nitrogens with one attached hydrogen (secondary N) is 1. The molecule has 0 unspecified atom stereocenters.